The highest BCUT2D eigenvalue weighted by Crippen LogP contribution is 2.25. The number of carboxylic acids is 1. The van der Waals surface area contributed by atoms with E-state index in [2.05, 4.69) is 28.2 Å². The average molecular weight is 366 g/mol. The lowest BCUT2D eigenvalue weighted by atomic mass is 10.1. The molecule has 0 fully saturated rings. The summed E-state index contributed by atoms with van der Waals surface area (Å²) in [5.41, 5.74) is 0.987. The third kappa shape index (κ3) is 4.71. The van der Waals surface area contributed by atoms with Gasteiger partial charge in [0.05, 0.1) is 6.54 Å². The maximum Gasteiger partial charge on any atom is 0.320 e. The van der Waals surface area contributed by atoms with Gasteiger partial charge in [0, 0.05) is 10.0 Å². The molecule has 0 amide bonds. The van der Waals surface area contributed by atoms with Crippen LogP contribution in [0.1, 0.15) is 31.9 Å². The number of hydrogen-bond donors (Lipinski definition) is 2. The maximum absolute atomic E-state index is 11.2. The Morgan fingerprint density at radius 3 is 2.86 bits per heavy atom. The zero-order chi connectivity index (χ0) is 15.9. The van der Waals surface area contributed by atoms with Crippen LogP contribution in [0.3, 0.4) is 0 Å². The zero-order valence-corrected chi connectivity index (χ0v) is 14.1. The summed E-state index contributed by atoms with van der Waals surface area (Å²) < 4.78 is 6.78. The van der Waals surface area contributed by atoms with Crippen LogP contribution in [0.5, 0.6) is 0 Å². The van der Waals surface area contributed by atoms with Crippen molar-refractivity contribution < 1.29 is 14.3 Å². The van der Waals surface area contributed by atoms with Gasteiger partial charge in [-0.05, 0) is 30.7 Å². The van der Waals surface area contributed by atoms with E-state index in [0.29, 0.717) is 13.0 Å². The first kappa shape index (κ1) is 16.8. The molecule has 0 saturated carbocycles. The molecule has 1 aromatic heterocycles. The SMILES string of the molecule is CCCCC(NCc1ccc(-c2cccc(Br)c2)o1)C(=O)O. The van der Waals surface area contributed by atoms with Crippen LogP contribution in [-0.2, 0) is 11.3 Å². The van der Waals surface area contributed by atoms with Crippen molar-refractivity contribution in [1.29, 1.82) is 0 Å². The molecule has 0 spiro atoms. The first-order valence-corrected chi connectivity index (χ1v) is 8.20. The number of aliphatic carboxylic acids is 1. The summed E-state index contributed by atoms with van der Waals surface area (Å²) in [7, 11) is 0. The van der Waals surface area contributed by atoms with Gasteiger partial charge < -0.3 is 9.52 Å². The highest BCUT2D eigenvalue weighted by Gasteiger charge is 2.16. The smallest absolute Gasteiger partial charge is 0.320 e. The molecule has 2 N–H and O–H groups in total. The lowest BCUT2D eigenvalue weighted by Crippen LogP contribution is -2.36. The molecule has 1 aromatic carbocycles. The van der Waals surface area contributed by atoms with Gasteiger partial charge in [0.2, 0.25) is 0 Å². The summed E-state index contributed by atoms with van der Waals surface area (Å²) in [6, 6.07) is 11.1. The number of carbonyl (C=O) groups is 1. The Labute approximate surface area is 138 Å². The maximum atomic E-state index is 11.2. The van der Waals surface area contributed by atoms with Crippen LogP contribution >= 0.6 is 15.9 Å². The van der Waals surface area contributed by atoms with E-state index in [-0.39, 0.29) is 0 Å². The minimum atomic E-state index is -0.813. The zero-order valence-electron chi connectivity index (χ0n) is 12.5. The van der Waals surface area contributed by atoms with E-state index in [9.17, 15) is 9.90 Å². The van der Waals surface area contributed by atoms with E-state index in [0.717, 1.165) is 34.4 Å². The number of furan rings is 1. The van der Waals surface area contributed by atoms with Crippen LogP contribution in [0.4, 0.5) is 0 Å². The summed E-state index contributed by atoms with van der Waals surface area (Å²) in [4.78, 5) is 11.2. The van der Waals surface area contributed by atoms with Crippen LogP contribution in [0, 0.1) is 0 Å². The van der Waals surface area contributed by atoms with Crippen molar-refractivity contribution in [2.45, 2.75) is 38.8 Å². The summed E-state index contributed by atoms with van der Waals surface area (Å²) in [5, 5.41) is 12.2. The molecule has 22 heavy (non-hydrogen) atoms. The first-order valence-electron chi connectivity index (χ1n) is 7.41. The third-order valence-electron chi connectivity index (χ3n) is 3.44. The number of nitrogens with one attached hydrogen (secondary N) is 1. The topological polar surface area (TPSA) is 62.5 Å². The largest absolute Gasteiger partial charge is 0.480 e. The Bertz CT molecular complexity index is 624. The molecular weight excluding hydrogens is 346 g/mol. The van der Waals surface area contributed by atoms with E-state index in [1.807, 2.05) is 36.4 Å². The second-order valence-corrected chi connectivity index (χ2v) is 6.11. The predicted molar refractivity (Wildman–Crippen MR) is 89.6 cm³/mol. The number of halogens is 1. The molecule has 0 bridgehead atoms. The van der Waals surface area contributed by atoms with Crippen molar-refractivity contribution in [3.8, 4) is 11.3 Å². The van der Waals surface area contributed by atoms with Gasteiger partial charge in [0.25, 0.3) is 0 Å². The minimum Gasteiger partial charge on any atom is -0.480 e. The van der Waals surface area contributed by atoms with Crippen LogP contribution < -0.4 is 5.32 Å². The summed E-state index contributed by atoms with van der Waals surface area (Å²) in [6.07, 6.45) is 2.51. The predicted octanol–water partition coefficient (Wildman–Crippen LogP) is 4.44. The van der Waals surface area contributed by atoms with E-state index < -0.39 is 12.0 Å². The monoisotopic (exact) mass is 365 g/mol. The van der Waals surface area contributed by atoms with Gasteiger partial charge in [-0.15, -0.1) is 0 Å². The second kappa shape index (κ2) is 8.15. The lowest BCUT2D eigenvalue weighted by Gasteiger charge is -2.12. The first-order chi connectivity index (χ1) is 10.6. The summed E-state index contributed by atoms with van der Waals surface area (Å²) in [6.45, 7) is 2.46. The molecule has 0 radical (unpaired) electrons. The molecule has 1 heterocycles. The lowest BCUT2D eigenvalue weighted by molar-refractivity contribution is -0.139. The molecule has 0 saturated heterocycles. The third-order valence-corrected chi connectivity index (χ3v) is 3.93. The second-order valence-electron chi connectivity index (χ2n) is 5.19. The van der Waals surface area contributed by atoms with Gasteiger partial charge in [0.1, 0.15) is 17.6 Å². The standard InChI is InChI=1S/C17H20BrNO3/c1-2-3-7-15(17(20)21)19-11-14-8-9-16(22-14)12-5-4-6-13(18)10-12/h4-6,8-10,15,19H,2-3,7,11H2,1H3,(H,20,21). The average Bonchev–Trinajstić information content (AvgIpc) is 2.96. The van der Waals surface area contributed by atoms with Crippen molar-refractivity contribution >= 4 is 21.9 Å². The van der Waals surface area contributed by atoms with Crippen LogP contribution in [0.15, 0.2) is 45.3 Å². The van der Waals surface area contributed by atoms with Crippen molar-refractivity contribution in [2.24, 2.45) is 0 Å². The summed E-state index contributed by atoms with van der Waals surface area (Å²) in [5.74, 6) is 0.698. The van der Waals surface area contributed by atoms with E-state index in [1.54, 1.807) is 0 Å². The van der Waals surface area contributed by atoms with Gasteiger partial charge in [-0.25, -0.2) is 0 Å². The molecule has 2 aromatic rings. The normalized spacial score (nSPS) is 12.3. The van der Waals surface area contributed by atoms with Gasteiger partial charge >= 0.3 is 5.97 Å². The fourth-order valence-electron chi connectivity index (χ4n) is 2.21. The Balaban J connectivity index is 1.98. The van der Waals surface area contributed by atoms with E-state index in [1.165, 1.54) is 0 Å². The van der Waals surface area contributed by atoms with E-state index in [4.69, 9.17) is 4.42 Å². The molecule has 4 nitrogen and oxygen atoms in total. The number of carboxylic acid groups (broad SMARTS) is 1. The highest BCUT2D eigenvalue weighted by molar-refractivity contribution is 9.10. The van der Waals surface area contributed by atoms with Gasteiger partial charge in [-0.3, -0.25) is 10.1 Å². The van der Waals surface area contributed by atoms with Gasteiger partial charge in [-0.1, -0.05) is 47.8 Å². The van der Waals surface area contributed by atoms with E-state index >= 15 is 0 Å². The van der Waals surface area contributed by atoms with Crippen molar-refractivity contribution in [2.75, 3.05) is 0 Å². The van der Waals surface area contributed by atoms with Crippen molar-refractivity contribution in [3.05, 3.63) is 46.6 Å². The molecule has 0 aliphatic carbocycles. The van der Waals surface area contributed by atoms with Gasteiger partial charge in [-0.2, -0.15) is 0 Å². The Hall–Kier alpha value is -1.59. The number of hydrogen-bond acceptors (Lipinski definition) is 3. The Morgan fingerprint density at radius 2 is 2.18 bits per heavy atom. The molecule has 1 unspecified atom stereocenters. The number of unbranched alkanes of at least 4 members (excludes halogenated alkanes) is 1. The number of benzene rings is 1. The summed E-state index contributed by atoms with van der Waals surface area (Å²) >= 11 is 3.44. The van der Waals surface area contributed by atoms with Crippen molar-refractivity contribution in [3.63, 3.8) is 0 Å². The molecule has 2 rings (SSSR count). The van der Waals surface area contributed by atoms with Crippen LogP contribution in [0.2, 0.25) is 0 Å². The Morgan fingerprint density at radius 1 is 1.36 bits per heavy atom. The fourth-order valence-corrected chi connectivity index (χ4v) is 2.61. The highest BCUT2D eigenvalue weighted by atomic mass is 79.9. The molecular formula is C17H20BrNO3. The number of rotatable bonds is 8. The minimum absolute atomic E-state index is 0.411. The molecule has 0 aliphatic rings. The van der Waals surface area contributed by atoms with Gasteiger partial charge in [0.15, 0.2) is 0 Å². The molecule has 118 valence electrons. The molecule has 5 heteroatoms. The Kier molecular flexibility index (Phi) is 6.21. The quantitative estimate of drug-likeness (QED) is 0.725. The van der Waals surface area contributed by atoms with Crippen LogP contribution in [0.25, 0.3) is 11.3 Å². The molecule has 1 atom stereocenters. The molecule has 0 aliphatic heterocycles. The fraction of sp³-hybridized carbons (Fsp3) is 0.353. The van der Waals surface area contributed by atoms with Crippen LogP contribution in [-0.4, -0.2) is 17.1 Å². The van der Waals surface area contributed by atoms with Crippen molar-refractivity contribution in [1.82, 2.24) is 5.32 Å².